The molecule has 1 aliphatic rings. The van der Waals surface area contributed by atoms with E-state index in [1.54, 1.807) is 12.1 Å². The molecule has 0 bridgehead atoms. The van der Waals surface area contributed by atoms with Gasteiger partial charge in [0, 0.05) is 31.9 Å². The molecule has 0 spiro atoms. The van der Waals surface area contributed by atoms with E-state index < -0.39 is 10.0 Å². The fourth-order valence-electron chi connectivity index (χ4n) is 2.05. The van der Waals surface area contributed by atoms with Gasteiger partial charge in [-0.25, -0.2) is 18.1 Å². The van der Waals surface area contributed by atoms with Crippen molar-refractivity contribution < 1.29 is 8.42 Å². The highest BCUT2D eigenvalue weighted by atomic mass is 32.2. The fourth-order valence-corrected chi connectivity index (χ4v) is 3.18. The van der Waals surface area contributed by atoms with Gasteiger partial charge in [-0.15, -0.1) is 0 Å². The third-order valence-electron chi connectivity index (χ3n) is 3.32. The molecule has 112 valence electrons. The molecule has 7 heteroatoms. The molecule has 1 aliphatic carbocycles. The van der Waals surface area contributed by atoms with E-state index >= 15 is 0 Å². The molecule has 1 saturated carbocycles. The number of sulfonamides is 1. The van der Waals surface area contributed by atoms with Gasteiger partial charge in [0.15, 0.2) is 5.03 Å². The average Bonchev–Trinajstić information content (AvgIpc) is 3.23. The molecule has 0 atom stereocenters. The molecule has 6 nitrogen and oxygen atoms in total. The third-order valence-corrected chi connectivity index (χ3v) is 4.74. The van der Waals surface area contributed by atoms with Gasteiger partial charge in [-0.3, -0.25) is 0 Å². The summed E-state index contributed by atoms with van der Waals surface area (Å²) in [6, 6.07) is 4.07. The Morgan fingerprint density at radius 3 is 2.85 bits per heavy atom. The van der Waals surface area contributed by atoms with Crippen LogP contribution in [0.5, 0.6) is 0 Å². The van der Waals surface area contributed by atoms with Crippen LogP contribution in [0, 0.1) is 0 Å². The van der Waals surface area contributed by atoms with Crippen molar-refractivity contribution in [1.82, 2.24) is 14.6 Å². The quantitative estimate of drug-likeness (QED) is 0.745. The number of likely N-dealkylation sites (N-methyl/N-ethyl adjacent to an activating group) is 1. The number of nitrogens with zero attached hydrogens (tertiary/aromatic N) is 2. The SMILES string of the molecule is CCNc1cccnc1S(=O)(=O)NCCN(C)C1CC1. The van der Waals surface area contributed by atoms with Crippen molar-refractivity contribution in [2.75, 3.05) is 32.0 Å². The molecular formula is C13H22N4O2S. The van der Waals surface area contributed by atoms with Crippen LogP contribution in [0.15, 0.2) is 23.4 Å². The van der Waals surface area contributed by atoms with E-state index in [4.69, 9.17) is 0 Å². The summed E-state index contributed by atoms with van der Waals surface area (Å²) in [6.45, 7) is 3.69. The lowest BCUT2D eigenvalue weighted by atomic mass is 10.4. The van der Waals surface area contributed by atoms with Crippen molar-refractivity contribution >= 4 is 15.7 Å². The highest BCUT2D eigenvalue weighted by Gasteiger charge is 2.26. The summed E-state index contributed by atoms with van der Waals surface area (Å²) in [6.07, 6.45) is 3.92. The van der Waals surface area contributed by atoms with Crippen LogP contribution in [0.25, 0.3) is 0 Å². The van der Waals surface area contributed by atoms with Crippen LogP contribution in [-0.2, 0) is 10.0 Å². The van der Waals surface area contributed by atoms with Gasteiger partial charge in [-0.2, -0.15) is 0 Å². The summed E-state index contributed by atoms with van der Waals surface area (Å²) >= 11 is 0. The first-order valence-corrected chi connectivity index (χ1v) is 8.41. The number of hydrogen-bond donors (Lipinski definition) is 2. The molecule has 0 unspecified atom stereocenters. The van der Waals surface area contributed by atoms with Crippen LogP contribution in [-0.4, -0.2) is 51.0 Å². The lowest BCUT2D eigenvalue weighted by Gasteiger charge is -2.16. The second-order valence-corrected chi connectivity index (χ2v) is 6.68. The van der Waals surface area contributed by atoms with E-state index in [1.807, 2.05) is 14.0 Å². The molecule has 0 aromatic carbocycles. The Morgan fingerprint density at radius 2 is 2.20 bits per heavy atom. The molecule has 1 aromatic rings. The Kier molecular flexibility index (Phi) is 4.95. The second-order valence-electron chi connectivity index (χ2n) is 5.00. The second kappa shape index (κ2) is 6.51. The zero-order valence-electron chi connectivity index (χ0n) is 12.0. The first kappa shape index (κ1) is 15.2. The van der Waals surface area contributed by atoms with Crippen molar-refractivity contribution in [2.24, 2.45) is 0 Å². The van der Waals surface area contributed by atoms with Gasteiger partial charge in [0.05, 0.1) is 5.69 Å². The molecule has 20 heavy (non-hydrogen) atoms. The molecule has 2 N–H and O–H groups in total. The van der Waals surface area contributed by atoms with E-state index in [-0.39, 0.29) is 5.03 Å². The number of nitrogens with one attached hydrogen (secondary N) is 2. The van der Waals surface area contributed by atoms with Crippen molar-refractivity contribution in [1.29, 1.82) is 0 Å². The molecule has 1 heterocycles. The first-order chi connectivity index (χ1) is 9.54. The predicted molar refractivity (Wildman–Crippen MR) is 79.2 cm³/mol. The summed E-state index contributed by atoms with van der Waals surface area (Å²) in [5.74, 6) is 0. The van der Waals surface area contributed by atoms with E-state index in [2.05, 4.69) is 19.9 Å². The van der Waals surface area contributed by atoms with Crippen molar-refractivity contribution in [2.45, 2.75) is 30.8 Å². The van der Waals surface area contributed by atoms with Crippen molar-refractivity contribution in [3.63, 3.8) is 0 Å². The van der Waals surface area contributed by atoms with Crippen molar-refractivity contribution in [3.8, 4) is 0 Å². The maximum atomic E-state index is 12.3. The van der Waals surface area contributed by atoms with Crippen LogP contribution in [0.4, 0.5) is 5.69 Å². The van der Waals surface area contributed by atoms with Crippen molar-refractivity contribution in [3.05, 3.63) is 18.3 Å². The standard InChI is InChI=1S/C13H22N4O2S/c1-3-14-12-5-4-8-15-13(12)20(18,19)16-9-10-17(2)11-6-7-11/h4-5,8,11,14,16H,3,6-7,9-10H2,1-2H3. The third kappa shape index (κ3) is 3.91. The first-order valence-electron chi connectivity index (χ1n) is 6.93. The minimum atomic E-state index is -3.56. The van der Waals surface area contributed by atoms with E-state index in [9.17, 15) is 8.42 Å². The Bertz CT molecular complexity index is 543. The highest BCUT2D eigenvalue weighted by Crippen LogP contribution is 2.24. The van der Waals surface area contributed by atoms with Gasteiger partial charge >= 0.3 is 0 Å². The minimum Gasteiger partial charge on any atom is -0.383 e. The van der Waals surface area contributed by atoms with Gasteiger partial charge < -0.3 is 10.2 Å². The number of pyridine rings is 1. The lowest BCUT2D eigenvalue weighted by Crippen LogP contribution is -2.34. The van der Waals surface area contributed by atoms with Crippen LogP contribution in [0.2, 0.25) is 0 Å². The van der Waals surface area contributed by atoms with Crippen LogP contribution >= 0.6 is 0 Å². The molecular weight excluding hydrogens is 276 g/mol. The molecule has 0 aliphatic heterocycles. The average molecular weight is 298 g/mol. The fraction of sp³-hybridized carbons (Fsp3) is 0.615. The smallest absolute Gasteiger partial charge is 0.260 e. The van der Waals surface area contributed by atoms with Gasteiger partial charge in [0.2, 0.25) is 0 Å². The zero-order valence-corrected chi connectivity index (χ0v) is 12.8. The number of aromatic nitrogens is 1. The zero-order chi connectivity index (χ0) is 14.6. The molecule has 2 rings (SSSR count). The number of rotatable bonds is 8. The Hall–Kier alpha value is -1.18. The molecule has 0 radical (unpaired) electrons. The Balaban J connectivity index is 1.98. The molecule has 0 saturated heterocycles. The van der Waals surface area contributed by atoms with Crippen LogP contribution in [0.3, 0.4) is 0 Å². The van der Waals surface area contributed by atoms with Crippen LogP contribution in [0.1, 0.15) is 19.8 Å². The van der Waals surface area contributed by atoms with E-state index in [0.29, 0.717) is 31.4 Å². The Morgan fingerprint density at radius 1 is 1.45 bits per heavy atom. The van der Waals surface area contributed by atoms with Crippen LogP contribution < -0.4 is 10.0 Å². The highest BCUT2D eigenvalue weighted by molar-refractivity contribution is 7.89. The Labute approximate surface area is 120 Å². The lowest BCUT2D eigenvalue weighted by molar-refractivity contribution is 0.329. The maximum absolute atomic E-state index is 12.3. The number of anilines is 1. The molecule has 1 aromatic heterocycles. The van der Waals surface area contributed by atoms with Gasteiger partial charge in [0.25, 0.3) is 10.0 Å². The number of hydrogen-bond acceptors (Lipinski definition) is 5. The summed E-state index contributed by atoms with van der Waals surface area (Å²) in [5, 5.41) is 3.08. The summed E-state index contributed by atoms with van der Waals surface area (Å²) in [5.41, 5.74) is 0.540. The predicted octanol–water partition coefficient (Wildman–Crippen LogP) is 0.886. The topological polar surface area (TPSA) is 74.3 Å². The monoisotopic (exact) mass is 298 g/mol. The summed E-state index contributed by atoms with van der Waals surface area (Å²) < 4.78 is 27.1. The summed E-state index contributed by atoms with van der Waals surface area (Å²) in [4.78, 5) is 6.17. The molecule has 1 fully saturated rings. The van der Waals surface area contributed by atoms with Gasteiger partial charge in [-0.05, 0) is 38.9 Å². The summed E-state index contributed by atoms with van der Waals surface area (Å²) in [7, 11) is -1.54. The normalized spacial score (nSPS) is 15.6. The largest absolute Gasteiger partial charge is 0.383 e. The van der Waals surface area contributed by atoms with Gasteiger partial charge in [0.1, 0.15) is 0 Å². The van der Waals surface area contributed by atoms with Gasteiger partial charge in [-0.1, -0.05) is 0 Å². The van der Waals surface area contributed by atoms with E-state index in [1.165, 1.54) is 19.0 Å². The minimum absolute atomic E-state index is 0.0657. The molecule has 0 amide bonds. The maximum Gasteiger partial charge on any atom is 0.260 e. The van der Waals surface area contributed by atoms with E-state index in [0.717, 1.165) is 0 Å².